The zero-order valence-corrected chi connectivity index (χ0v) is 14.0. The fourth-order valence-electron chi connectivity index (χ4n) is 2.32. The number of amides is 2. The second-order valence-corrected chi connectivity index (χ2v) is 4.61. The molecular formula is C13H19N2NaO3. The van der Waals surface area contributed by atoms with Gasteiger partial charge in [-0.25, -0.2) is 4.99 Å². The van der Waals surface area contributed by atoms with Crippen LogP contribution < -0.4 is 40.0 Å². The summed E-state index contributed by atoms with van der Waals surface area (Å²) >= 11 is 0. The maximum absolute atomic E-state index is 12.1. The molecule has 19 heavy (non-hydrogen) atoms. The van der Waals surface area contributed by atoms with E-state index >= 15 is 0 Å². The number of aliphatic imine (C=N–C) groups is 1. The van der Waals surface area contributed by atoms with Gasteiger partial charge in [0.1, 0.15) is 5.41 Å². The van der Waals surface area contributed by atoms with Crippen molar-refractivity contribution in [3.05, 3.63) is 12.2 Å². The molecule has 1 rings (SSSR count). The number of rotatable bonds is 5. The molecule has 2 amide bonds. The van der Waals surface area contributed by atoms with Gasteiger partial charge < -0.3 is 10.4 Å². The van der Waals surface area contributed by atoms with Gasteiger partial charge in [0.15, 0.2) is 0 Å². The van der Waals surface area contributed by atoms with Crippen LogP contribution in [0.4, 0.5) is 0 Å². The molecule has 1 aliphatic rings. The predicted octanol–water partition coefficient (Wildman–Crippen LogP) is -2.25. The molecule has 2 unspecified atom stereocenters. The molecule has 0 aromatic rings. The predicted molar refractivity (Wildman–Crippen MR) is 66.5 cm³/mol. The van der Waals surface area contributed by atoms with Crippen molar-refractivity contribution in [2.45, 2.75) is 40.0 Å². The summed E-state index contributed by atoms with van der Waals surface area (Å²) in [5, 5.41) is 13.2. The molecule has 1 N–H and O–H groups in total. The fraction of sp³-hybridized carbons (Fsp3) is 0.615. The molecular weight excluding hydrogens is 255 g/mol. The van der Waals surface area contributed by atoms with E-state index in [1.807, 2.05) is 20.8 Å². The van der Waals surface area contributed by atoms with Crippen LogP contribution in [0, 0.1) is 11.3 Å². The summed E-state index contributed by atoms with van der Waals surface area (Å²) in [6, 6.07) is -0.857. The molecule has 0 bridgehead atoms. The molecule has 0 radical (unpaired) electrons. The minimum absolute atomic E-state index is 0. The third-order valence-electron chi connectivity index (χ3n) is 3.45. The smallest absolute Gasteiger partial charge is 0.846 e. The third-order valence-corrected chi connectivity index (χ3v) is 3.45. The van der Waals surface area contributed by atoms with E-state index in [0.29, 0.717) is 0 Å². The molecule has 0 saturated heterocycles. The first-order valence-corrected chi connectivity index (χ1v) is 6.21. The van der Waals surface area contributed by atoms with E-state index in [0.717, 1.165) is 12.8 Å². The number of nitrogens with one attached hydrogen (secondary N) is 1. The van der Waals surface area contributed by atoms with Crippen molar-refractivity contribution in [2.75, 3.05) is 0 Å². The first-order valence-electron chi connectivity index (χ1n) is 6.21. The van der Waals surface area contributed by atoms with E-state index in [4.69, 9.17) is 0 Å². The van der Waals surface area contributed by atoms with Crippen LogP contribution in [0.5, 0.6) is 0 Å². The van der Waals surface area contributed by atoms with E-state index in [1.54, 1.807) is 12.2 Å². The maximum atomic E-state index is 12.1. The minimum Gasteiger partial charge on any atom is -0.846 e. The Bertz CT molecular complexity index is 407. The topological polar surface area (TPSA) is 81.6 Å². The first kappa shape index (κ1) is 18.4. The van der Waals surface area contributed by atoms with E-state index in [-0.39, 0.29) is 41.9 Å². The van der Waals surface area contributed by atoms with Gasteiger partial charge in [-0.05, 0) is 25.7 Å². The van der Waals surface area contributed by atoms with Crippen molar-refractivity contribution < 1.29 is 44.3 Å². The van der Waals surface area contributed by atoms with Crippen molar-refractivity contribution in [3.63, 3.8) is 0 Å². The molecule has 1 heterocycles. The van der Waals surface area contributed by atoms with E-state index < -0.39 is 23.3 Å². The van der Waals surface area contributed by atoms with Gasteiger partial charge in [-0.3, -0.25) is 9.59 Å². The Morgan fingerprint density at radius 3 is 2.58 bits per heavy atom. The van der Waals surface area contributed by atoms with Crippen molar-refractivity contribution >= 4 is 17.8 Å². The van der Waals surface area contributed by atoms with Gasteiger partial charge in [-0.1, -0.05) is 32.4 Å². The Kier molecular flexibility index (Phi) is 7.55. The molecule has 0 spiro atoms. The van der Waals surface area contributed by atoms with Crippen LogP contribution in [0.1, 0.15) is 40.0 Å². The Morgan fingerprint density at radius 2 is 2.11 bits per heavy atom. The Hall–Kier alpha value is -0.650. The van der Waals surface area contributed by atoms with Gasteiger partial charge in [-0.15, -0.1) is 0 Å². The van der Waals surface area contributed by atoms with Crippen LogP contribution in [0.2, 0.25) is 0 Å². The number of nitrogens with zero attached hydrogens (tertiary/aromatic N) is 1. The van der Waals surface area contributed by atoms with Gasteiger partial charge in [-0.2, -0.15) is 0 Å². The summed E-state index contributed by atoms with van der Waals surface area (Å²) in [7, 11) is 0. The number of allylic oxidation sites excluding steroid dienone is 2. The number of hydrogen-bond donors (Lipinski definition) is 1. The van der Waals surface area contributed by atoms with E-state index in [2.05, 4.69) is 10.3 Å². The molecule has 1 aliphatic heterocycles. The van der Waals surface area contributed by atoms with Gasteiger partial charge in [0, 0.05) is 0 Å². The Morgan fingerprint density at radius 1 is 1.47 bits per heavy atom. The molecule has 0 fully saturated rings. The van der Waals surface area contributed by atoms with Crippen LogP contribution in [-0.2, 0) is 9.59 Å². The van der Waals surface area contributed by atoms with Crippen LogP contribution in [0.3, 0.4) is 0 Å². The molecule has 6 heteroatoms. The molecule has 0 aromatic carbocycles. The van der Waals surface area contributed by atoms with E-state index in [9.17, 15) is 14.7 Å². The average Bonchev–Trinajstić information content (AvgIpc) is 2.28. The van der Waals surface area contributed by atoms with Gasteiger partial charge in [0.2, 0.25) is 5.91 Å². The average molecular weight is 274 g/mol. The molecule has 2 atom stereocenters. The standard InChI is InChI=1S/C13H20N2O3.Na/c1-4-6-8-13(9(3)7-5-2)10(16)14-12(18)15-11(13)17;/h4,6,9H,5,7-8H2,1-3H3,(H2,14,15,16,17,18);/q;+1/p-1. The summed E-state index contributed by atoms with van der Waals surface area (Å²) in [4.78, 5) is 27.6. The molecule has 100 valence electrons. The van der Waals surface area contributed by atoms with Crippen LogP contribution in [0.25, 0.3) is 0 Å². The fourth-order valence-corrected chi connectivity index (χ4v) is 2.32. The summed E-state index contributed by atoms with van der Waals surface area (Å²) in [5.41, 5.74) is -1.23. The summed E-state index contributed by atoms with van der Waals surface area (Å²) in [6.45, 7) is 5.68. The van der Waals surface area contributed by atoms with Gasteiger partial charge >= 0.3 is 29.6 Å². The van der Waals surface area contributed by atoms with Crippen molar-refractivity contribution in [1.29, 1.82) is 0 Å². The van der Waals surface area contributed by atoms with Crippen LogP contribution in [-0.4, -0.2) is 17.8 Å². The van der Waals surface area contributed by atoms with Crippen LogP contribution in [0.15, 0.2) is 17.1 Å². The first-order chi connectivity index (χ1) is 8.48. The monoisotopic (exact) mass is 274 g/mol. The van der Waals surface area contributed by atoms with Crippen molar-refractivity contribution in [3.8, 4) is 0 Å². The third kappa shape index (κ3) is 3.68. The van der Waals surface area contributed by atoms with Crippen LogP contribution >= 0.6 is 0 Å². The second kappa shape index (κ2) is 7.82. The van der Waals surface area contributed by atoms with Gasteiger partial charge in [0.05, 0.1) is 6.02 Å². The quantitative estimate of drug-likeness (QED) is 0.349. The van der Waals surface area contributed by atoms with E-state index in [1.165, 1.54) is 0 Å². The zero-order chi connectivity index (χ0) is 13.8. The Labute approximate surface area is 135 Å². The van der Waals surface area contributed by atoms with Crippen molar-refractivity contribution in [1.82, 2.24) is 5.32 Å². The zero-order valence-electron chi connectivity index (χ0n) is 12.0. The maximum Gasteiger partial charge on any atom is 1.00 e. The number of hydrogen-bond acceptors (Lipinski definition) is 3. The molecule has 5 nitrogen and oxygen atoms in total. The number of carbonyl (C=O) groups excluding carboxylic acids is 2. The SMILES string of the molecule is CC=CCC1(C(C)CCC)C(=O)N=C([O-])NC1=O.[Na+]. The molecule has 0 aromatic heterocycles. The van der Waals surface area contributed by atoms with Gasteiger partial charge in [0.25, 0.3) is 5.91 Å². The van der Waals surface area contributed by atoms with Crippen molar-refractivity contribution in [2.24, 2.45) is 16.3 Å². The molecule has 0 saturated carbocycles. The normalized spacial score (nSPS) is 24.7. The number of amidine groups is 1. The summed E-state index contributed by atoms with van der Waals surface area (Å²) in [5.74, 6) is -1.29. The number of carbonyl (C=O) groups is 2. The largest absolute Gasteiger partial charge is 1.00 e. The minimum atomic E-state index is -1.23. The Balaban J connectivity index is 0.00000324. The molecule has 0 aliphatic carbocycles. The summed E-state index contributed by atoms with van der Waals surface area (Å²) in [6.07, 6.45) is 5.45. The summed E-state index contributed by atoms with van der Waals surface area (Å²) < 4.78 is 0. The second-order valence-electron chi connectivity index (χ2n) is 4.61.